The van der Waals surface area contributed by atoms with Crippen LogP contribution in [0.25, 0.3) is 0 Å². The molecule has 4 N–H and O–H groups in total. The standard InChI is InChI=1S/C24H33N5O5/c1-4-5-11-28(20-21(25)29(13-15(2)3)24(33)27-23(20)32)19(30)14-34-18-8-6-7-17(12-18)26-22(31)16-9-10-16/h6-8,12,15-16H,4-5,9-11,13-14,25H2,1-3H3,(H,26,31)(H,27,32,33). The van der Waals surface area contributed by atoms with Crippen LogP contribution in [-0.2, 0) is 16.1 Å². The maximum absolute atomic E-state index is 13.1. The van der Waals surface area contributed by atoms with Crippen molar-refractivity contribution in [1.29, 1.82) is 0 Å². The van der Waals surface area contributed by atoms with Crippen molar-refractivity contribution in [2.24, 2.45) is 11.8 Å². The van der Waals surface area contributed by atoms with Gasteiger partial charge >= 0.3 is 5.69 Å². The number of ether oxygens (including phenoxy) is 1. The van der Waals surface area contributed by atoms with Crippen molar-refractivity contribution >= 4 is 29.0 Å². The minimum absolute atomic E-state index is 0.0230. The highest BCUT2D eigenvalue weighted by Gasteiger charge is 2.29. The fraction of sp³-hybridized carbons (Fsp3) is 0.500. The summed E-state index contributed by atoms with van der Waals surface area (Å²) in [6.07, 6.45) is 3.22. The van der Waals surface area contributed by atoms with E-state index in [-0.39, 0.29) is 42.4 Å². The summed E-state index contributed by atoms with van der Waals surface area (Å²) in [6, 6.07) is 6.80. The van der Waals surface area contributed by atoms with Crippen LogP contribution in [0.2, 0.25) is 0 Å². The minimum Gasteiger partial charge on any atom is -0.484 e. The van der Waals surface area contributed by atoms with E-state index in [4.69, 9.17) is 10.5 Å². The molecule has 0 aliphatic heterocycles. The molecule has 0 saturated heterocycles. The molecule has 1 saturated carbocycles. The van der Waals surface area contributed by atoms with E-state index in [1.165, 1.54) is 9.47 Å². The van der Waals surface area contributed by atoms with E-state index in [1.807, 2.05) is 20.8 Å². The Morgan fingerprint density at radius 3 is 2.68 bits per heavy atom. The number of H-pyrrole nitrogens is 1. The lowest BCUT2D eigenvalue weighted by Crippen LogP contribution is -2.43. The number of hydrogen-bond acceptors (Lipinski definition) is 6. The highest BCUT2D eigenvalue weighted by atomic mass is 16.5. The molecule has 0 spiro atoms. The molecule has 10 nitrogen and oxygen atoms in total. The predicted molar refractivity (Wildman–Crippen MR) is 131 cm³/mol. The quantitative estimate of drug-likeness (QED) is 0.460. The first kappa shape index (κ1) is 25.1. The van der Waals surface area contributed by atoms with Crippen molar-refractivity contribution in [2.75, 3.05) is 29.1 Å². The molecular weight excluding hydrogens is 438 g/mol. The molecule has 2 amide bonds. The first-order chi connectivity index (χ1) is 16.2. The van der Waals surface area contributed by atoms with E-state index < -0.39 is 17.2 Å². The van der Waals surface area contributed by atoms with Crippen molar-refractivity contribution in [1.82, 2.24) is 9.55 Å². The molecule has 0 radical (unpaired) electrons. The molecule has 1 aliphatic rings. The first-order valence-corrected chi connectivity index (χ1v) is 11.7. The molecule has 34 heavy (non-hydrogen) atoms. The van der Waals surface area contributed by atoms with E-state index in [1.54, 1.807) is 24.3 Å². The Hall–Kier alpha value is -3.56. The van der Waals surface area contributed by atoms with Crippen molar-refractivity contribution in [3.63, 3.8) is 0 Å². The number of nitrogens with two attached hydrogens (primary N) is 1. The van der Waals surface area contributed by atoms with E-state index in [0.717, 1.165) is 19.3 Å². The second kappa shape index (κ2) is 11.0. The molecular formula is C24H33N5O5. The maximum Gasteiger partial charge on any atom is 0.330 e. The second-order valence-corrected chi connectivity index (χ2v) is 8.98. The maximum atomic E-state index is 13.1. The number of benzene rings is 1. The number of hydrogen-bond donors (Lipinski definition) is 3. The van der Waals surface area contributed by atoms with E-state index in [2.05, 4.69) is 10.3 Å². The zero-order valence-corrected chi connectivity index (χ0v) is 19.9. The lowest BCUT2D eigenvalue weighted by Gasteiger charge is -2.25. The summed E-state index contributed by atoms with van der Waals surface area (Å²) < 4.78 is 6.96. The van der Waals surface area contributed by atoms with E-state index in [0.29, 0.717) is 24.4 Å². The molecule has 0 bridgehead atoms. The molecule has 3 rings (SSSR count). The Labute approximate surface area is 198 Å². The summed E-state index contributed by atoms with van der Waals surface area (Å²) >= 11 is 0. The Morgan fingerprint density at radius 2 is 2.03 bits per heavy atom. The number of aromatic nitrogens is 2. The third-order valence-electron chi connectivity index (χ3n) is 5.48. The molecule has 0 unspecified atom stereocenters. The van der Waals surface area contributed by atoms with Gasteiger partial charge in [0.15, 0.2) is 12.3 Å². The number of amides is 2. The molecule has 1 fully saturated rings. The second-order valence-electron chi connectivity index (χ2n) is 8.98. The summed E-state index contributed by atoms with van der Waals surface area (Å²) in [5.41, 5.74) is 5.44. The normalized spacial score (nSPS) is 13.1. The van der Waals surface area contributed by atoms with Crippen LogP contribution in [0.1, 0.15) is 46.5 Å². The number of nitrogens with zero attached hydrogens (tertiary/aromatic N) is 2. The van der Waals surface area contributed by atoms with Gasteiger partial charge in [-0.05, 0) is 37.3 Å². The van der Waals surface area contributed by atoms with Crippen LogP contribution in [0.5, 0.6) is 5.75 Å². The van der Waals surface area contributed by atoms with Gasteiger partial charge in [-0.3, -0.25) is 23.9 Å². The lowest BCUT2D eigenvalue weighted by atomic mass is 10.2. The predicted octanol–water partition coefficient (Wildman–Crippen LogP) is 2.34. The SMILES string of the molecule is CCCCN(C(=O)COc1cccc(NC(=O)C2CC2)c1)c1c(N)n(CC(C)C)c(=O)[nH]c1=O. The van der Waals surface area contributed by atoms with Gasteiger partial charge in [0.25, 0.3) is 11.5 Å². The third kappa shape index (κ3) is 6.27. The van der Waals surface area contributed by atoms with Gasteiger partial charge in [-0.1, -0.05) is 33.3 Å². The van der Waals surface area contributed by atoms with Crippen LogP contribution in [-0.4, -0.2) is 34.5 Å². The fourth-order valence-electron chi connectivity index (χ4n) is 3.54. The number of carbonyl (C=O) groups excluding carboxylic acids is 2. The van der Waals surface area contributed by atoms with E-state index >= 15 is 0 Å². The van der Waals surface area contributed by atoms with Crippen LogP contribution in [0.4, 0.5) is 17.2 Å². The highest BCUT2D eigenvalue weighted by molar-refractivity contribution is 5.96. The Balaban J connectivity index is 1.80. The molecule has 1 heterocycles. The van der Waals surface area contributed by atoms with Gasteiger partial charge < -0.3 is 20.7 Å². The Bertz CT molecular complexity index is 1150. The van der Waals surface area contributed by atoms with Gasteiger partial charge in [-0.25, -0.2) is 4.79 Å². The molecule has 1 aliphatic carbocycles. The average Bonchev–Trinajstić information content (AvgIpc) is 3.63. The Kier molecular flexibility index (Phi) is 8.14. The molecule has 184 valence electrons. The van der Waals surface area contributed by atoms with Crippen LogP contribution in [0.3, 0.4) is 0 Å². The fourth-order valence-corrected chi connectivity index (χ4v) is 3.54. The topological polar surface area (TPSA) is 140 Å². The van der Waals surface area contributed by atoms with Gasteiger partial charge in [0.1, 0.15) is 11.6 Å². The smallest absolute Gasteiger partial charge is 0.330 e. The minimum atomic E-state index is -0.711. The molecule has 1 aromatic carbocycles. The number of carbonyl (C=O) groups is 2. The molecule has 0 atom stereocenters. The summed E-state index contributed by atoms with van der Waals surface area (Å²) in [5, 5.41) is 2.84. The number of nitrogens with one attached hydrogen (secondary N) is 2. The number of aromatic amines is 1. The van der Waals surface area contributed by atoms with E-state index in [9.17, 15) is 19.2 Å². The van der Waals surface area contributed by atoms with Crippen LogP contribution in [0.15, 0.2) is 33.9 Å². The lowest BCUT2D eigenvalue weighted by molar-refractivity contribution is -0.120. The molecule has 1 aromatic heterocycles. The number of nitrogen functional groups attached to an aromatic ring is 1. The first-order valence-electron chi connectivity index (χ1n) is 11.7. The Morgan fingerprint density at radius 1 is 1.29 bits per heavy atom. The summed E-state index contributed by atoms with van der Waals surface area (Å²) in [4.78, 5) is 53.7. The van der Waals surface area contributed by atoms with Crippen LogP contribution in [0, 0.1) is 11.8 Å². The zero-order chi connectivity index (χ0) is 24.8. The number of unbranched alkanes of at least 4 members (excludes halogenated alkanes) is 1. The van der Waals surface area contributed by atoms with Gasteiger partial charge in [-0.15, -0.1) is 0 Å². The van der Waals surface area contributed by atoms with Gasteiger partial charge in [0, 0.05) is 30.8 Å². The van der Waals surface area contributed by atoms with Gasteiger partial charge in [-0.2, -0.15) is 0 Å². The molecule has 10 heteroatoms. The van der Waals surface area contributed by atoms with Gasteiger partial charge in [0.05, 0.1) is 0 Å². The van der Waals surface area contributed by atoms with Crippen molar-refractivity contribution in [2.45, 2.75) is 53.0 Å². The number of anilines is 3. The summed E-state index contributed by atoms with van der Waals surface area (Å²) in [5.74, 6) is 0.0501. The van der Waals surface area contributed by atoms with Crippen molar-refractivity contribution < 1.29 is 14.3 Å². The van der Waals surface area contributed by atoms with Gasteiger partial charge in [0.2, 0.25) is 5.91 Å². The summed E-state index contributed by atoms with van der Waals surface area (Å²) in [6.45, 7) is 6.03. The summed E-state index contributed by atoms with van der Waals surface area (Å²) in [7, 11) is 0. The van der Waals surface area contributed by atoms with Crippen molar-refractivity contribution in [3.05, 3.63) is 45.1 Å². The number of rotatable bonds is 11. The van der Waals surface area contributed by atoms with Crippen LogP contribution < -0.4 is 31.9 Å². The monoisotopic (exact) mass is 471 g/mol. The highest BCUT2D eigenvalue weighted by Crippen LogP contribution is 2.30. The van der Waals surface area contributed by atoms with Crippen molar-refractivity contribution in [3.8, 4) is 5.75 Å². The molecule has 2 aromatic rings. The zero-order valence-electron chi connectivity index (χ0n) is 19.9. The van der Waals surface area contributed by atoms with Crippen LogP contribution >= 0.6 is 0 Å². The third-order valence-corrected chi connectivity index (χ3v) is 5.48. The average molecular weight is 472 g/mol. The largest absolute Gasteiger partial charge is 0.484 e.